The molecule has 6 heteroatoms. The van der Waals surface area contributed by atoms with Gasteiger partial charge in [-0.1, -0.05) is 11.6 Å². The summed E-state index contributed by atoms with van der Waals surface area (Å²) in [6.07, 6.45) is 2.42. The second-order valence-electron chi connectivity index (χ2n) is 6.19. The van der Waals surface area contributed by atoms with E-state index in [0.717, 1.165) is 17.7 Å². The molecule has 0 bridgehead atoms. The summed E-state index contributed by atoms with van der Waals surface area (Å²) in [5.41, 5.74) is 2.22. The molecule has 27 heavy (non-hydrogen) atoms. The summed E-state index contributed by atoms with van der Waals surface area (Å²) in [7, 11) is 0. The quantitative estimate of drug-likeness (QED) is 0.605. The summed E-state index contributed by atoms with van der Waals surface area (Å²) in [5, 5.41) is 12.7. The normalized spacial score (nSPS) is 15.5. The highest BCUT2D eigenvalue weighted by atomic mass is 35.5. The van der Waals surface area contributed by atoms with Crippen LogP contribution in [0, 0.1) is 11.3 Å². The largest absolute Gasteiger partial charge is 0.493 e. The molecule has 138 valence electrons. The highest BCUT2D eigenvalue weighted by Crippen LogP contribution is 2.36. The smallest absolute Gasteiger partial charge is 0.266 e. The van der Waals surface area contributed by atoms with Crippen molar-refractivity contribution in [3.63, 3.8) is 0 Å². The van der Waals surface area contributed by atoms with E-state index >= 15 is 0 Å². The second-order valence-corrected chi connectivity index (χ2v) is 6.63. The van der Waals surface area contributed by atoms with Gasteiger partial charge in [-0.05, 0) is 56.3 Å². The van der Waals surface area contributed by atoms with Crippen molar-refractivity contribution in [3.05, 3.63) is 58.1 Å². The number of nitriles is 1. The number of ether oxygens (including phenoxy) is 2. The standard InChI is InChI=1S/C21H19ClN2O3/c1-3-26-19-10-14-8-13(2)27-20(14)11-15(19)9-16(12-23)21(25)24-18-6-4-17(22)5-7-18/h4-7,9-11,13H,3,8H2,1-2H3,(H,24,25)/b16-9+/t13-/m1/s1. The molecule has 1 N–H and O–H groups in total. The number of carbonyl (C=O) groups excluding carboxylic acids is 1. The van der Waals surface area contributed by atoms with E-state index in [-0.39, 0.29) is 11.7 Å². The monoisotopic (exact) mass is 382 g/mol. The van der Waals surface area contributed by atoms with Crippen molar-refractivity contribution in [1.29, 1.82) is 5.26 Å². The van der Waals surface area contributed by atoms with E-state index in [9.17, 15) is 10.1 Å². The molecule has 0 unspecified atom stereocenters. The Balaban J connectivity index is 1.90. The van der Waals surface area contributed by atoms with Crippen LogP contribution in [-0.4, -0.2) is 18.6 Å². The Bertz CT molecular complexity index is 930. The minimum absolute atomic E-state index is 0.0306. The van der Waals surface area contributed by atoms with Crippen LogP contribution >= 0.6 is 11.6 Å². The summed E-state index contributed by atoms with van der Waals surface area (Å²) >= 11 is 5.85. The van der Waals surface area contributed by atoms with Gasteiger partial charge in [-0.15, -0.1) is 0 Å². The molecule has 0 spiro atoms. The lowest BCUT2D eigenvalue weighted by molar-refractivity contribution is -0.112. The van der Waals surface area contributed by atoms with Crippen molar-refractivity contribution in [3.8, 4) is 17.6 Å². The van der Waals surface area contributed by atoms with Crippen molar-refractivity contribution in [2.75, 3.05) is 11.9 Å². The topological polar surface area (TPSA) is 71.3 Å². The van der Waals surface area contributed by atoms with E-state index in [4.69, 9.17) is 21.1 Å². The van der Waals surface area contributed by atoms with Crippen LogP contribution in [0.25, 0.3) is 6.08 Å². The zero-order valence-electron chi connectivity index (χ0n) is 15.1. The lowest BCUT2D eigenvalue weighted by Crippen LogP contribution is -2.13. The molecular formula is C21H19ClN2O3. The molecule has 0 aliphatic carbocycles. The van der Waals surface area contributed by atoms with E-state index in [1.54, 1.807) is 24.3 Å². The number of amides is 1. The SMILES string of the molecule is CCOc1cc2c(cc1/C=C(\C#N)C(=O)Nc1ccc(Cl)cc1)O[C@H](C)C2. The molecule has 0 saturated carbocycles. The van der Waals surface area contributed by atoms with Crippen molar-refractivity contribution >= 4 is 29.3 Å². The van der Waals surface area contributed by atoms with Crippen LogP contribution in [0.5, 0.6) is 11.5 Å². The summed E-state index contributed by atoms with van der Waals surface area (Å²) in [6.45, 7) is 4.36. The molecular weight excluding hydrogens is 364 g/mol. The minimum Gasteiger partial charge on any atom is -0.493 e. The number of nitrogens with one attached hydrogen (secondary N) is 1. The zero-order chi connectivity index (χ0) is 19.4. The number of benzene rings is 2. The summed E-state index contributed by atoms with van der Waals surface area (Å²) < 4.78 is 11.5. The maximum atomic E-state index is 12.5. The van der Waals surface area contributed by atoms with Gasteiger partial charge in [-0.2, -0.15) is 5.26 Å². The van der Waals surface area contributed by atoms with Gasteiger partial charge in [0.2, 0.25) is 0 Å². The number of fused-ring (bicyclic) bond motifs is 1. The van der Waals surface area contributed by atoms with Crippen LogP contribution in [-0.2, 0) is 11.2 Å². The van der Waals surface area contributed by atoms with Gasteiger partial charge in [-0.25, -0.2) is 0 Å². The molecule has 0 radical (unpaired) electrons. The fourth-order valence-corrected chi connectivity index (χ4v) is 3.01. The Labute approximate surface area is 163 Å². The molecule has 0 fully saturated rings. The Kier molecular flexibility index (Phi) is 5.68. The number of rotatable bonds is 5. The molecule has 1 amide bonds. The molecule has 2 aromatic rings. The van der Waals surface area contributed by atoms with Gasteiger partial charge < -0.3 is 14.8 Å². The van der Waals surface area contributed by atoms with Crippen LogP contribution in [0.2, 0.25) is 5.02 Å². The van der Waals surface area contributed by atoms with E-state index in [1.165, 1.54) is 6.08 Å². The average Bonchev–Trinajstić information content (AvgIpc) is 3.00. The first-order valence-electron chi connectivity index (χ1n) is 8.65. The van der Waals surface area contributed by atoms with Crippen LogP contribution in [0.1, 0.15) is 25.0 Å². The van der Waals surface area contributed by atoms with Crippen LogP contribution in [0.15, 0.2) is 42.0 Å². The number of carbonyl (C=O) groups is 1. The summed E-state index contributed by atoms with van der Waals surface area (Å²) in [5.74, 6) is 0.880. The predicted octanol–water partition coefficient (Wildman–Crippen LogP) is 4.61. The lowest BCUT2D eigenvalue weighted by Gasteiger charge is -2.11. The lowest BCUT2D eigenvalue weighted by atomic mass is 10.0. The average molecular weight is 383 g/mol. The minimum atomic E-state index is -0.503. The maximum Gasteiger partial charge on any atom is 0.266 e. The molecule has 0 aromatic heterocycles. The fraction of sp³-hybridized carbons (Fsp3) is 0.238. The van der Waals surface area contributed by atoms with E-state index < -0.39 is 5.91 Å². The maximum absolute atomic E-state index is 12.5. The molecule has 5 nitrogen and oxygen atoms in total. The third-order valence-electron chi connectivity index (χ3n) is 4.10. The van der Waals surface area contributed by atoms with Crippen molar-refractivity contribution in [2.24, 2.45) is 0 Å². The van der Waals surface area contributed by atoms with Gasteiger partial charge in [0.15, 0.2) is 0 Å². The number of hydrogen-bond acceptors (Lipinski definition) is 4. The van der Waals surface area contributed by atoms with Crippen molar-refractivity contribution < 1.29 is 14.3 Å². The van der Waals surface area contributed by atoms with Gasteiger partial charge in [0.25, 0.3) is 5.91 Å². The third kappa shape index (κ3) is 4.42. The Morgan fingerprint density at radius 1 is 1.41 bits per heavy atom. The van der Waals surface area contributed by atoms with Gasteiger partial charge in [-0.3, -0.25) is 4.79 Å². The Morgan fingerprint density at radius 2 is 2.15 bits per heavy atom. The molecule has 3 rings (SSSR count). The van der Waals surface area contributed by atoms with Gasteiger partial charge in [0.1, 0.15) is 29.2 Å². The number of anilines is 1. The Hall–Kier alpha value is -2.97. The highest BCUT2D eigenvalue weighted by molar-refractivity contribution is 6.30. The van der Waals surface area contributed by atoms with Gasteiger partial charge in [0.05, 0.1) is 6.61 Å². The van der Waals surface area contributed by atoms with Crippen LogP contribution < -0.4 is 14.8 Å². The van der Waals surface area contributed by atoms with Crippen molar-refractivity contribution in [2.45, 2.75) is 26.4 Å². The second kappa shape index (κ2) is 8.15. The molecule has 1 atom stereocenters. The van der Waals surface area contributed by atoms with Crippen molar-refractivity contribution in [1.82, 2.24) is 0 Å². The first-order chi connectivity index (χ1) is 13.0. The number of hydrogen-bond donors (Lipinski definition) is 1. The van der Waals surface area contributed by atoms with E-state index in [0.29, 0.717) is 28.6 Å². The van der Waals surface area contributed by atoms with Crippen LogP contribution in [0.4, 0.5) is 5.69 Å². The number of halogens is 1. The Morgan fingerprint density at radius 3 is 2.81 bits per heavy atom. The van der Waals surface area contributed by atoms with Gasteiger partial charge >= 0.3 is 0 Å². The molecule has 1 aliphatic rings. The van der Waals surface area contributed by atoms with E-state index in [1.807, 2.05) is 32.0 Å². The van der Waals surface area contributed by atoms with E-state index in [2.05, 4.69) is 5.32 Å². The summed E-state index contributed by atoms with van der Waals surface area (Å²) in [4.78, 5) is 12.5. The molecule has 1 heterocycles. The third-order valence-corrected chi connectivity index (χ3v) is 4.35. The number of nitrogens with zero attached hydrogens (tertiary/aromatic N) is 1. The first kappa shape index (κ1) is 18.8. The highest BCUT2D eigenvalue weighted by Gasteiger charge is 2.22. The van der Waals surface area contributed by atoms with Crippen LogP contribution in [0.3, 0.4) is 0 Å². The molecule has 2 aromatic carbocycles. The fourth-order valence-electron chi connectivity index (χ4n) is 2.88. The first-order valence-corrected chi connectivity index (χ1v) is 9.03. The molecule has 1 aliphatic heterocycles. The predicted molar refractivity (Wildman–Crippen MR) is 105 cm³/mol. The molecule has 0 saturated heterocycles. The summed E-state index contributed by atoms with van der Waals surface area (Å²) in [6, 6.07) is 12.4. The van der Waals surface area contributed by atoms with Gasteiger partial charge in [0, 0.05) is 28.3 Å². The zero-order valence-corrected chi connectivity index (χ0v) is 15.8.